The first-order chi connectivity index (χ1) is 16.6. The summed E-state index contributed by atoms with van der Waals surface area (Å²) in [5, 5.41) is 4.21. The van der Waals surface area contributed by atoms with Crippen molar-refractivity contribution in [1.82, 2.24) is 19.9 Å². The summed E-state index contributed by atoms with van der Waals surface area (Å²) in [7, 11) is 0. The van der Waals surface area contributed by atoms with Crippen molar-refractivity contribution < 1.29 is 9.53 Å². The molecule has 8 nitrogen and oxygen atoms in total. The van der Waals surface area contributed by atoms with E-state index in [2.05, 4.69) is 15.2 Å². The summed E-state index contributed by atoms with van der Waals surface area (Å²) in [6, 6.07) is 16.8. The fourth-order valence-electron chi connectivity index (χ4n) is 3.80. The SMILES string of the molecule is O=C(Cn1c(=O)nc(-c2ccccc2)c2nc(N3CCOCC3)sc21)NCc1ccccc1Cl. The van der Waals surface area contributed by atoms with E-state index in [-0.39, 0.29) is 19.0 Å². The molecule has 0 unspecified atom stereocenters. The third-order valence-corrected chi connectivity index (χ3v) is 7.08. The molecule has 5 rings (SSSR count). The molecule has 0 aliphatic carbocycles. The van der Waals surface area contributed by atoms with Crippen LogP contribution in [0.1, 0.15) is 5.56 Å². The standard InChI is InChI=1S/C24H22ClN5O3S/c25-18-9-5-4-8-17(18)14-26-19(31)15-30-22-21(28-24(34-22)29-10-12-33-13-11-29)20(27-23(30)32)16-6-2-1-3-7-16/h1-9H,10-15H2,(H,26,31). The molecular formula is C24H22ClN5O3S. The van der Waals surface area contributed by atoms with Gasteiger partial charge in [0.25, 0.3) is 0 Å². The number of hydrogen-bond donors (Lipinski definition) is 1. The number of rotatable bonds is 6. The van der Waals surface area contributed by atoms with E-state index >= 15 is 0 Å². The molecule has 174 valence electrons. The highest BCUT2D eigenvalue weighted by atomic mass is 35.5. The molecule has 1 aliphatic rings. The van der Waals surface area contributed by atoms with Gasteiger partial charge in [-0.2, -0.15) is 4.98 Å². The predicted molar refractivity (Wildman–Crippen MR) is 133 cm³/mol. The Balaban J connectivity index is 1.50. The molecule has 1 saturated heterocycles. The summed E-state index contributed by atoms with van der Waals surface area (Å²) in [6.07, 6.45) is 0. The minimum absolute atomic E-state index is 0.160. The van der Waals surface area contributed by atoms with E-state index in [0.29, 0.717) is 34.3 Å². The van der Waals surface area contributed by atoms with Crippen LogP contribution in [0.3, 0.4) is 0 Å². The third-order valence-electron chi connectivity index (χ3n) is 5.57. The Morgan fingerprint density at radius 1 is 1.06 bits per heavy atom. The van der Waals surface area contributed by atoms with Crippen molar-refractivity contribution in [2.24, 2.45) is 0 Å². The van der Waals surface area contributed by atoms with Crippen LogP contribution in [-0.2, 0) is 22.6 Å². The molecule has 2 aromatic carbocycles. The zero-order chi connectivity index (χ0) is 23.5. The van der Waals surface area contributed by atoms with E-state index in [1.807, 2.05) is 48.5 Å². The Morgan fingerprint density at radius 3 is 2.56 bits per heavy atom. The van der Waals surface area contributed by atoms with Gasteiger partial charge in [-0.15, -0.1) is 0 Å². The number of fused-ring (bicyclic) bond motifs is 1. The first-order valence-electron chi connectivity index (χ1n) is 10.9. The third kappa shape index (κ3) is 4.68. The number of morpholine rings is 1. The summed E-state index contributed by atoms with van der Waals surface area (Å²) in [5.41, 5.74) is 2.25. The largest absolute Gasteiger partial charge is 0.378 e. The molecule has 1 fully saturated rings. The Hall–Kier alpha value is -3.27. The molecule has 0 atom stereocenters. The van der Waals surface area contributed by atoms with Gasteiger partial charge in [0.15, 0.2) is 5.13 Å². The van der Waals surface area contributed by atoms with Crippen LogP contribution in [0.4, 0.5) is 5.13 Å². The Morgan fingerprint density at radius 2 is 1.79 bits per heavy atom. The summed E-state index contributed by atoms with van der Waals surface area (Å²) in [6.45, 7) is 2.79. The van der Waals surface area contributed by atoms with Gasteiger partial charge in [-0.1, -0.05) is 71.5 Å². The molecule has 0 saturated carbocycles. The van der Waals surface area contributed by atoms with Crippen LogP contribution in [0.25, 0.3) is 21.6 Å². The molecule has 1 N–H and O–H groups in total. The number of aromatic nitrogens is 3. The lowest BCUT2D eigenvalue weighted by atomic mass is 10.1. The van der Waals surface area contributed by atoms with E-state index in [0.717, 1.165) is 29.3 Å². The maximum atomic E-state index is 13.1. The van der Waals surface area contributed by atoms with Crippen molar-refractivity contribution >= 4 is 44.3 Å². The zero-order valence-electron chi connectivity index (χ0n) is 18.2. The normalized spacial score (nSPS) is 13.9. The Labute approximate surface area is 204 Å². The minimum atomic E-state index is -0.489. The van der Waals surface area contributed by atoms with Crippen LogP contribution in [-0.4, -0.2) is 46.7 Å². The van der Waals surface area contributed by atoms with Gasteiger partial charge in [0.1, 0.15) is 22.6 Å². The molecule has 1 amide bonds. The Kier molecular flexibility index (Phi) is 6.57. The topological polar surface area (TPSA) is 89.3 Å². The molecule has 34 heavy (non-hydrogen) atoms. The highest BCUT2D eigenvalue weighted by Crippen LogP contribution is 2.33. The lowest BCUT2D eigenvalue weighted by molar-refractivity contribution is -0.121. The van der Waals surface area contributed by atoms with Gasteiger partial charge in [0, 0.05) is 30.2 Å². The number of carbonyl (C=O) groups is 1. The molecule has 2 aromatic heterocycles. The predicted octanol–water partition coefficient (Wildman–Crippen LogP) is 3.33. The molecular weight excluding hydrogens is 474 g/mol. The van der Waals surface area contributed by atoms with Crippen LogP contribution in [0.5, 0.6) is 0 Å². The van der Waals surface area contributed by atoms with Crippen LogP contribution in [0.15, 0.2) is 59.4 Å². The number of nitrogens with zero attached hydrogens (tertiary/aromatic N) is 4. The number of thiazole rings is 1. The van der Waals surface area contributed by atoms with Crippen molar-refractivity contribution in [3.8, 4) is 11.3 Å². The van der Waals surface area contributed by atoms with E-state index in [4.69, 9.17) is 21.3 Å². The summed E-state index contributed by atoms with van der Waals surface area (Å²) >= 11 is 7.58. The lowest BCUT2D eigenvalue weighted by Crippen LogP contribution is -2.36. The van der Waals surface area contributed by atoms with Crippen LogP contribution >= 0.6 is 22.9 Å². The van der Waals surface area contributed by atoms with Gasteiger partial charge >= 0.3 is 5.69 Å². The van der Waals surface area contributed by atoms with Crippen LogP contribution < -0.4 is 15.9 Å². The number of ether oxygens (including phenoxy) is 1. The number of anilines is 1. The number of halogens is 1. The number of carbonyl (C=O) groups excluding carboxylic acids is 1. The summed E-state index contributed by atoms with van der Waals surface area (Å²) < 4.78 is 6.86. The fraction of sp³-hybridized carbons (Fsp3) is 0.250. The second kappa shape index (κ2) is 9.92. The number of nitrogens with one attached hydrogen (secondary N) is 1. The van der Waals surface area contributed by atoms with E-state index in [1.165, 1.54) is 15.9 Å². The molecule has 0 bridgehead atoms. The maximum absolute atomic E-state index is 13.1. The van der Waals surface area contributed by atoms with Gasteiger partial charge in [-0.05, 0) is 11.6 Å². The maximum Gasteiger partial charge on any atom is 0.349 e. The number of hydrogen-bond acceptors (Lipinski definition) is 7. The zero-order valence-corrected chi connectivity index (χ0v) is 19.8. The van der Waals surface area contributed by atoms with Gasteiger partial charge in [0.2, 0.25) is 5.91 Å². The van der Waals surface area contributed by atoms with Crippen molar-refractivity contribution in [3.05, 3.63) is 75.7 Å². The monoisotopic (exact) mass is 495 g/mol. The average Bonchev–Trinajstić information content (AvgIpc) is 3.32. The Bertz CT molecular complexity index is 1380. The van der Waals surface area contributed by atoms with Crippen molar-refractivity contribution in [1.29, 1.82) is 0 Å². The van der Waals surface area contributed by atoms with Crippen molar-refractivity contribution in [2.45, 2.75) is 13.1 Å². The second-order valence-electron chi connectivity index (χ2n) is 7.81. The van der Waals surface area contributed by atoms with Crippen molar-refractivity contribution in [2.75, 3.05) is 31.2 Å². The first-order valence-corrected chi connectivity index (χ1v) is 12.1. The molecule has 4 aromatic rings. The van der Waals surface area contributed by atoms with Gasteiger partial charge in [0.05, 0.1) is 13.2 Å². The van der Waals surface area contributed by atoms with Crippen LogP contribution in [0, 0.1) is 0 Å². The quantitative estimate of drug-likeness (QED) is 0.441. The molecule has 0 spiro atoms. The molecule has 10 heteroatoms. The number of benzene rings is 2. The molecule has 1 aliphatic heterocycles. The molecule has 0 radical (unpaired) electrons. The minimum Gasteiger partial charge on any atom is -0.378 e. The summed E-state index contributed by atoms with van der Waals surface area (Å²) in [4.78, 5) is 37.8. The van der Waals surface area contributed by atoms with Gasteiger partial charge < -0.3 is 15.0 Å². The lowest BCUT2D eigenvalue weighted by Gasteiger charge is -2.25. The van der Waals surface area contributed by atoms with Crippen molar-refractivity contribution in [3.63, 3.8) is 0 Å². The number of amides is 1. The smallest absolute Gasteiger partial charge is 0.349 e. The highest BCUT2D eigenvalue weighted by Gasteiger charge is 2.22. The molecule has 3 heterocycles. The van der Waals surface area contributed by atoms with E-state index in [9.17, 15) is 9.59 Å². The van der Waals surface area contributed by atoms with Crippen LogP contribution in [0.2, 0.25) is 5.02 Å². The fourth-order valence-corrected chi connectivity index (χ4v) is 5.11. The van der Waals surface area contributed by atoms with E-state index in [1.54, 1.807) is 6.07 Å². The summed E-state index contributed by atoms with van der Waals surface area (Å²) in [5.74, 6) is -0.307. The first kappa shape index (κ1) is 22.5. The highest BCUT2D eigenvalue weighted by molar-refractivity contribution is 7.22. The second-order valence-corrected chi connectivity index (χ2v) is 9.18. The average molecular weight is 496 g/mol. The van der Waals surface area contributed by atoms with Gasteiger partial charge in [-0.3, -0.25) is 9.36 Å². The van der Waals surface area contributed by atoms with E-state index < -0.39 is 5.69 Å². The van der Waals surface area contributed by atoms with Gasteiger partial charge in [-0.25, -0.2) is 9.78 Å².